The van der Waals surface area contributed by atoms with Crippen molar-refractivity contribution in [2.24, 2.45) is 0 Å². The molecule has 0 amide bonds. The van der Waals surface area contributed by atoms with E-state index in [0.717, 1.165) is 4.47 Å². The number of halogens is 1. The summed E-state index contributed by atoms with van der Waals surface area (Å²) in [5, 5.41) is 0. The molecule has 0 N–H and O–H groups in total. The summed E-state index contributed by atoms with van der Waals surface area (Å²) in [6.07, 6.45) is 3.70. The molecule has 0 aliphatic rings. The summed E-state index contributed by atoms with van der Waals surface area (Å²) in [6, 6.07) is 12.4. The molecule has 1 aromatic carbocycles. The molecule has 0 saturated heterocycles. The Labute approximate surface area is 110 Å². The predicted octanol–water partition coefficient (Wildman–Crippen LogP) is 4.79. The second kappa shape index (κ2) is 5.28. The number of rotatable bonds is 2. The molecule has 0 saturated carbocycles. The van der Waals surface area contributed by atoms with Gasteiger partial charge in [-0.2, -0.15) is 0 Å². The van der Waals surface area contributed by atoms with Crippen LogP contribution in [0.5, 0.6) is 0 Å². The second-order valence-electron chi connectivity index (χ2n) is 4.00. The number of aromatic nitrogens is 1. The normalized spacial score (nSPS) is 12.2. The molecule has 0 radical (unpaired) electrons. The van der Waals surface area contributed by atoms with Gasteiger partial charge in [0.25, 0.3) is 0 Å². The lowest BCUT2D eigenvalue weighted by atomic mass is 9.98. The van der Waals surface area contributed by atoms with Crippen LogP contribution in [0.3, 0.4) is 0 Å². The highest BCUT2D eigenvalue weighted by Crippen LogP contribution is 2.26. The molecule has 1 aromatic heterocycles. The third kappa shape index (κ3) is 2.83. The highest BCUT2D eigenvalue weighted by Gasteiger charge is 2.03. The minimum Gasteiger partial charge on any atom is -0.264 e. The van der Waals surface area contributed by atoms with Crippen LogP contribution in [0.1, 0.15) is 25.0 Å². The summed E-state index contributed by atoms with van der Waals surface area (Å²) < 4.78 is 1.10. The molecule has 0 fully saturated rings. The molecule has 0 unspecified atom stereocenters. The number of hydrogen-bond donors (Lipinski definition) is 0. The van der Waals surface area contributed by atoms with Crippen LogP contribution in [0.15, 0.2) is 53.3 Å². The van der Waals surface area contributed by atoms with Crippen LogP contribution in [0.4, 0.5) is 0 Å². The van der Waals surface area contributed by atoms with Crippen LogP contribution in [-0.2, 0) is 0 Å². The Morgan fingerprint density at radius 1 is 1.00 bits per heavy atom. The van der Waals surface area contributed by atoms with Crippen LogP contribution < -0.4 is 0 Å². The Balaban J connectivity index is 2.45. The van der Waals surface area contributed by atoms with Crippen molar-refractivity contribution in [1.29, 1.82) is 0 Å². The summed E-state index contributed by atoms with van der Waals surface area (Å²) in [5.41, 5.74) is 4.95. The molecule has 1 nitrogen and oxygen atoms in total. The van der Waals surface area contributed by atoms with E-state index in [9.17, 15) is 0 Å². The molecule has 2 heteroatoms. The molecule has 1 heterocycles. The molecular weight excluding hydrogens is 274 g/mol. The lowest BCUT2D eigenvalue weighted by Crippen LogP contribution is -1.87. The minimum atomic E-state index is 1.10. The van der Waals surface area contributed by atoms with Crippen molar-refractivity contribution in [3.8, 4) is 0 Å². The first-order valence-corrected chi connectivity index (χ1v) is 6.31. The van der Waals surface area contributed by atoms with Crippen LogP contribution in [0, 0.1) is 0 Å². The fraction of sp³-hybridized carbons (Fsp3) is 0.133. The van der Waals surface area contributed by atoms with E-state index in [4.69, 9.17) is 0 Å². The minimum absolute atomic E-state index is 1.10. The molecule has 2 rings (SSSR count). The average Bonchev–Trinajstić information content (AvgIpc) is 2.38. The van der Waals surface area contributed by atoms with Crippen molar-refractivity contribution in [3.63, 3.8) is 0 Å². The average molecular weight is 288 g/mol. The number of benzene rings is 1. The molecule has 0 bridgehead atoms. The van der Waals surface area contributed by atoms with Gasteiger partial charge in [0, 0.05) is 16.9 Å². The fourth-order valence-electron chi connectivity index (χ4n) is 1.74. The molecule has 0 aliphatic carbocycles. The van der Waals surface area contributed by atoms with E-state index < -0.39 is 0 Å². The number of hydrogen-bond acceptors (Lipinski definition) is 1. The van der Waals surface area contributed by atoms with Crippen molar-refractivity contribution in [2.45, 2.75) is 13.8 Å². The van der Waals surface area contributed by atoms with E-state index in [1.807, 2.05) is 18.3 Å². The van der Waals surface area contributed by atoms with E-state index in [1.165, 1.54) is 22.3 Å². The maximum absolute atomic E-state index is 4.16. The summed E-state index contributed by atoms with van der Waals surface area (Å²) in [5.74, 6) is 0. The highest BCUT2D eigenvalue weighted by molar-refractivity contribution is 9.10. The van der Waals surface area contributed by atoms with Gasteiger partial charge in [-0.25, -0.2) is 0 Å². The Morgan fingerprint density at radius 3 is 2.35 bits per heavy atom. The van der Waals surface area contributed by atoms with E-state index in [0.29, 0.717) is 0 Å². The predicted molar refractivity (Wildman–Crippen MR) is 76.5 cm³/mol. The summed E-state index contributed by atoms with van der Waals surface area (Å²) >= 11 is 3.50. The van der Waals surface area contributed by atoms with E-state index in [1.54, 1.807) is 6.20 Å². The summed E-state index contributed by atoms with van der Waals surface area (Å²) in [6.45, 7) is 4.28. The van der Waals surface area contributed by atoms with Gasteiger partial charge in [0.05, 0.1) is 0 Å². The summed E-state index contributed by atoms with van der Waals surface area (Å²) in [7, 11) is 0. The van der Waals surface area contributed by atoms with E-state index in [2.05, 4.69) is 59.0 Å². The molecule has 17 heavy (non-hydrogen) atoms. The van der Waals surface area contributed by atoms with Gasteiger partial charge in [-0.05, 0) is 54.3 Å². The zero-order chi connectivity index (χ0) is 12.3. The van der Waals surface area contributed by atoms with Crippen molar-refractivity contribution >= 4 is 27.1 Å². The van der Waals surface area contributed by atoms with Crippen molar-refractivity contribution < 1.29 is 0 Å². The maximum Gasteiger partial charge on any atom is 0.0343 e. The molecule has 2 aromatic rings. The molecule has 0 atom stereocenters. The van der Waals surface area contributed by atoms with Crippen molar-refractivity contribution in [3.05, 3.63) is 64.4 Å². The van der Waals surface area contributed by atoms with Crippen molar-refractivity contribution in [2.75, 3.05) is 0 Å². The third-order valence-electron chi connectivity index (χ3n) is 2.91. The highest BCUT2D eigenvalue weighted by atomic mass is 79.9. The second-order valence-corrected chi connectivity index (χ2v) is 4.92. The largest absolute Gasteiger partial charge is 0.264 e. The number of allylic oxidation sites excluding steroid dienone is 2. The molecule has 0 spiro atoms. The van der Waals surface area contributed by atoms with Crippen LogP contribution >= 0.6 is 15.9 Å². The molecule has 86 valence electrons. The Kier molecular flexibility index (Phi) is 3.75. The maximum atomic E-state index is 4.16. The van der Waals surface area contributed by atoms with Gasteiger partial charge in [0.2, 0.25) is 0 Å². The Hall–Kier alpha value is -1.41. The Morgan fingerprint density at radius 2 is 1.71 bits per heavy atom. The van der Waals surface area contributed by atoms with Gasteiger partial charge in [0.15, 0.2) is 0 Å². The van der Waals surface area contributed by atoms with Crippen LogP contribution in [-0.4, -0.2) is 4.98 Å². The van der Waals surface area contributed by atoms with Crippen LogP contribution in [0.25, 0.3) is 11.1 Å². The first kappa shape index (κ1) is 12.1. The number of nitrogens with zero attached hydrogens (tertiary/aromatic N) is 1. The molecule has 0 aliphatic heterocycles. The SMILES string of the molecule is CC(=C(C)c1cccc(Br)c1)c1cccnc1. The zero-order valence-electron chi connectivity index (χ0n) is 9.94. The summed E-state index contributed by atoms with van der Waals surface area (Å²) in [4.78, 5) is 4.16. The standard InChI is InChI=1S/C15H14BrN/c1-11(13-5-3-7-15(16)9-13)12(2)14-6-4-8-17-10-14/h3-10H,1-2H3. The first-order chi connectivity index (χ1) is 8.18. The lowest BCUT2D eigenvalue weighted by Gasteiger charge is -2.08. The van der Waals surface area contributed by atoms with Gasteiger partial charge >= 0.3 is 0 Å². The van der Waals surface area contributed by atoms with Gasteiger partial charge < -0.3 is 0 Å². The monoisotopic (exact) mass is 287 g/mol. The smallest absolute Gasteiger partial charge is 0.0343 e. The topological polar surface area (TPSA) is 12.9 Å². The quantitative estimate of drug-likeness (QED) is 0.774. The Bertz CT molecular complexity index is 544. The van der Waals surface area contributed by atoms with Gasteiger partial charge in [0.1, 0.15) is 0 Å². The zero-order valence-corrected chi connectivity index (χ0v) is 11.5. The van der Waals surface area contributed by atoms with E-state index in [-0.39, 0.29) is 0 Å². The van der Waals surface area contributed by atoms with Gasteiger partial charge in [-0.3, -0.25) is 4.98 Å². The lowest BCUT2D eigenvalue weighted by molar-refractivity contribution is 1.30. The molecular formula is C15H14BrN. The fourth-order valence-corrected chi connectivity index (χ4v) is 2.14. The van der Waals surface area contributed by atoms with Crippen LogP contribution in [0.2, 0.25) is 0 Å². The van der Waals surface area contributed by atoms with Gasteiger partial charge in [-0.15, -0.1) is 0 Å². The van der Waals surface area contributed by atoms with Gasteiger partial charge in [-0.1, -0.05) is 34.1 Å². The first-order valence-electron chi connectivity index (χ1n) is 5.52. The third-order valence-corrected chi connectivity index (χ3v) is 3.41. The van der Waals surface area contributed by atoms with Crippen molar-refractivity contribution in [1.82, 2.24) is 4.98 Å². The number of pyridine rings is 1. The van der Waals surface area contributed by atoms with E-state index >= 15 is 0 Å².